The number of unbranched alkanes of at least 4 members (excludes halogenated alkanes) is 1. The molecule has 0 aliphatic heterocycles. The summed E-state index contributed by atoms with van der Waals surface area (Å²) in [5, 5.41) is 0. The molecule has 0 spiro atoms. The Labute approximate surface area is 115 Å². The Bertz CT molecular complexity index is 462. The summed E-state index contributed by atoms with van der Waals surface area (Å²) in [6, 6.07) is 0. The van der Waals surface area contributed by atoms with Crippen LogP contribution in [0.5, 0.6) is 0 Å². The highest BCUT2D eigenvalue weighted by Gasteiger charge is 1.98. The highest BCUT2D eigenvalue weighted by Crippen LogP contribution is 2.13. The summed E-state index contributed by atoms with van der Waals surface area (Å²) >= 11 is 0. The van der Waals surface area contributed by atoms with Crippen LogP contribution in [0.15, 0.2) is 72.0 Å². The van der Waals surface area contributed by atoms with Crippen LogP contribution in [-0.2, 0) is 4.79 Å². The molecule has 1 aliphatic carbocycles. The van der Waals surface area contributed by atoms with Crippen molar-refractivity contribution in [3.05, 3.63) is 72.0 Å². The standard InChI is InChI=1S/C17H21NO/c1-2-17(18)13-9-5-8-11-15-10-6-3-4-7-12-16(15)14-19/h2,6-8,10-14H,1,3-5,9,18H2/b10-6?,11-8+,12-7-,16-15-,17-13?. The summed E-state index contributed by atoms with van der Waals surface area (Å²) in [6.07, 6.45) is 20.3. The fraction of sp³-hybridized carbons (Fsp3) is 0.235. The molecule has 2 N–H and O–H groups in total. The number of rotatable bonds is 6. The Morgan fingerprint density at radius 1 is 1.21 bits per heavy atom. The molecule has 0 aromatic carbocycles. The molecule has 19 heavy (non-hydrogen) atoms. The Kier molecular flexibility index (Phi) is 7.03. The van der Waals surface area contributed by atoms with Gasteiger partial charge in [0.15, 0.2) is 6.29 Å². The van der Waals surface area contributed by atoms with E-state index in [0.29, 0.717) is 5.70 Å². The van der Waals surface area contributed by atoms with Crippen LogP contribution in [0.1, 0.15) is 25.7 Å². The molecule has 1 aliphatic rings. The molecule has 0 saturated carbocycles. The van der Waals surface area contributed by atoms with E-state index in [0.717, 1.165) is 43.1 Å². The summed E-state index contributed by atoms with van der Waals surface area (Å²) in [4.78, 5) is 11.0. The van der Waals surface area contributed by atoms with Crippen LogP contribution in [0.25, 0.3) is 0 Å². The smallest absolute Gasteiger partial charge is 0.150 e. The van der Waals surface area contributed by atoms with E-state index >= 15 is 0 Å². The first-order valence-corrected chi connectivity index (χ1v) is 6.55. The van der Waals surface area contributed by atoms with Crippen molar-refractivity contribution in [2.75, 3.05) is 0 Å². The third kappa shape index (κ3) is 5.87. The van der Waals surface area contributed by atoms with Crippen molar-refractivity contribution in [1.82, 2.24) is 0 Å². The highest BCUT2D eigenvalue weighted by molar-refractivity contribution is 5.81. The van der Waals surface area contributed by atoms with Gasteiger partial charge in [0.2, 0.25) is 0 Å². The maximum atomic E-state index is 11.0. The van der Waals surface area contributed by atoms with Crippen molar-refractivity contribution in [1.29, 1.82) is 0 Å². The minimum Gasteiger partial charge on any atom is -0.399 e. The zero-order valence-corrected chi connectivity index (χ0v) is 11.2. The number of nitrogens with two attached hydrogens (primary N) is 1. The van der Waals surface area contributed by atoms with Crippen molar-refractivity contribution in [3.63, 3.8) is 0 Å². The molecule has 0 saturated heterocycles. The second-order valence-electron chi connectivity index (χ2n) is 4.30. The molecule has 0 radical (unpaired) electrons. The fourth-order valence-corrected chi connectivity index (χ4v) is 1.70. The lowest BCUT2D eigenvalue weighted by molar-refractivity contribution is -0.104. The van der Waals surface area contributed by atoms with Crippen molar-refractivity contribution in [2.45, 2.75) is 25.7 Å². The molecule has 0 fully saturated rings. The SMILES string of the molecule is C=CC(N)=CCC/C=C/C1=C(C=O)/C=C\CCC=C1. The van der Waals surface area contributed by atoms with E-state index in [9.17, 15) is 4.79 Å². The summed E-state index contributed by atoms with van der Waals surface area (Å²) in [5.74, 6) is 0. The van der Waals surface area contributed by atoms with Crippen LogP contribution in [0, 0.1) is 0 Å². The van der Waals surface area contributed by atoms with Gasteiger partial charge >= 0.3 is 0 Å². The number of carbonyl (C=O) groups is 1. The molecule has 100 valence electrons. The molecular formula is C17H21NO. The van der Waals surface area contributed by atoms with Gasteiger partial charge in [0.1, 0.15) is 0 Å². The van der Waals surface area contributed by atoms with Crippen LogP contribution in [0.4, 0.5) is 0 Å². The first-order valence-electron chi connectivity index (χ1n) is 6.55. The molecular weight excluding hydrogens is 234 g/mol. The van der Waals surface area contributed by atoms with E-state index in [2.05, 4.69) is 18.7 Å². The van der Waals surface area contributed by atoms with Gasteiger partial charge in [0.05, 0.1) is 0 Å². The summed E-state index contributed by atoms with van der Waals surface area (Å²) in [7, 11) is 0. The number of allylic oxidation sites excluding steroid dienone is 10. The van der Waals surface area contributed by atoms with E-state index in [1.807, 2.05) is 30.4 Å². The van der Waals surface area contributed by atoms with Crippen molar-refractivity contribution in [2.24, 2.45) is 5.73 Å². The molecule has 0 aromatic heterocycles. The van der Waals surface area contributed by atoms with Gasteiger partial charge in [-0.2, -0.15) is 0 Å². The summed E-state index contributed by atoms with van der Waals surface area (Å²) in [6.45, 7) is 3.60. The van der Waals surface area contributed by atoms with E-state index in [-0.39, 0.29) is 0 Å². The Morgan fingerprint density at radius 3 is 2.53 bits per heavy atom. The zero-order chi connectivity index (χ0) is 13.9. The zero-order valence-electron chi connectivity index (χ0n) is 11.2. The number of carbonyl (C=O) groups excluding carboxylic acids is 1. The van der Waals surface area contributed by atoms with Gasteiger partial charge in [-0.05, 0) is 37.3 Å². The molecule has 0 amide bonds. The molecule has 0 atom stereocenters. The number of hydrogen-bond donors (Lipinski definition) is 1. The lowest BCUT2D eigenvalue weighted by atomic mass is 10.0. The molecule has 0 bridgehead atoms. The van der Waals surface area contributed by atoms with Gasteiger partial charge in [-0.1, -0.05) is 49.1 Å². The lowest BCUT2D eigenvalue weighted by Crippen LogP contribution is -1.91. The summed E-state index contributed by atoms with van der Waals surface area (Å²) in [5.41, 5.74) is 8.02. The second-order valence-corrected chi connectivity index (χ2v) is 4.30. The van der Waals surface area contributed by atoms with E-state index < -0.39 is 0 Å². The average molecular weight is 255 g/mol. The minimum absolute atomic E-state index is 0.704. The quantitative estimate of drug-likeness (QED) is 0.446. The Morgan fingerprint density at radius 2 is 1.89 bits per heavy atom. The van der Waals surface area contributed by atoms with Gasteiger partial charge in [-0.15, -0.1) is 0 Å². The van der Waals surface area contributed by atoms with Crippen LogP contribution >= 0.6 is 0 Å². The molecule has 0 aromatic rings. The van der Waals surface area contributed by atoms with Crippen LogP contribution in [-0.4, -0.2) is 6.29 Å². The molecule has 0 unspecified atom stereocenters. The fourth-order valence-electron chi connectivity index (χ4n) is 1.70. The van der Waals surface area contributed by atoms with Gasteiger partial charge < -0.3 is 5.73 Å². The van der Waals surface area contributed by atoms with Crippen LogP contribution < -0.4 is 5.73 Å². The Balaban J connectivity index is 2.66. The van der Waals surface area contributed by atoms with Gasteiger partial charge in [0.25, 0.3) is 0 Å². The largest absolute Gasteiger partial charge is 0.399 e. The second kappa shape index (κ2) is 8.92. The maximum Gasteiger partial charge on any atom is 0.150 e. The third-order valence-corrected chi connectivity index (χ3v) is 2.80. The monoisotopic (exact) mass is 255 g/mol. The van der Waals surface area contributed by atoms with Gasteiger partial charge in [0, 0.05) is 11.3 Å². The predicted molar refractivity (Wildman–Crippen MR) is 81.4 cm³/mol. The topological polar surface area (TPSA) is 43.1 Å². The van der Waals surface area contributed by atoms with Crippen molar-refractivity contribution < 1.29 is 4.79 Å². The van der Waals surface area contributed by atoms with Crippen molar-refractivity contribution >= 4 is 6.29 Å². The maximum absolute atomic E-state index is 11.0. The highest BCUT2D eigenvalue weighted by atomic mass is 16.1. The van der Waals surface area contributed by atoms with E-state index in [1.54, 1.807) is 6.08 Å². The van der Waals surface area contributed by atoms with Crippen molar-refractivity contribution in [3.8, 4) is 0 Å². The van der Waals surface area contributed by atoms with Crippen LogP contribution in [0.3, 0.4) is 0 Å². The van der Waals surface area contributed by atoms with Gasteiger partial charge in [-0.25, -0.2) is 0 Å². The van der Waals surface area contributed by atoms with E-state index in [1.165, 1.54) is 0 Å². The summed E-state index contributed by atoms with van der Waals surface area (Å²) < 4.78 is 0. The normalized spacial score (nSPS) is 22.0. The molecule has 2 nitrogen and oxygen atoms in total. The first kappa shape index (κ1) is 15.0. The van der Waals surface area contributed by atoms with Gasteiger partial charge in [-0.3, -0.25) is 4.79 Å². The first-order chi connectivity index (χ1) is 9.27. The van der Waals surface area contributed by atoms with Crippen LogP contribution in [0.2, 0.25) is 0 Å². The predicted octanol–water partition coefficient (Wildman–Crippen LogP) is 3.75. The molecule has 0 heterocycles. The minimum atomic E-state index is 0.704. The molecule has 2 heteroatoms. The van der Waals surface area contributed by atoms with E-state index in [4.69, 9.17) is 5.73 Å². The Hall–Kier alpha value is -2.09. The lowest BCUT2D eigenvalue weighted by Gasteiger charge is -2.02. The third-order valence-electron chi connectivity index (χ3n) is 2.80. The molecule has 1 rings (SSSR count). The average Bonchev–Trinajstić information content (AvgIpc) is 2.40. The number of aldehydes is 1. The number of hydrogen-bond acceptors (Lipinski definition) is 2.